The molecule has 28 heavy (non-hydrogen) atoms. The van der Waals surface area contributed by atoms with E-state index in [1.165, 1.54) is 11.5 Å². The molecule has 0 atom stereocenters. The Kier molecular flexibility index (Phi) is 6.89. The third-order valence-electron chi connectivity index (χ3n) is 5.30. The van der Waals surface area contributed by atoms with Crippen LogP contribution in [-0.2, 0) is 22.2 Å². The minimum Gasteiger partial charge on any atom is -0.497 e. The summed E-state index contributed by atoms with van der Waals surface area (Å²) in [6, 6.07) is 8.09. The van der Waals surface area contributed by atoms with Crippen molar-refractivity contribution < 1.29 is 13.2 Å². The molecule has 0 saturated heterocycles. The Balaban J connectivity index is 1.71. The third kappa shape index (κ3) is 5.40. The molecule has 0 radical (unpaired) electrons. The Morgan fingerprint density at radius 2 is 2.14 bits per heavy atom. The first-order valence-corrected chi connectivity index (χ1v) is 11.6. The topological polar surface area (TPSA) is 119 Å². The number of nitrogens with zero attached hydrogens (tertiary/aromatic N) is 2. The molecular formula is C17H24ClN5O3S2. The summed E-state index contributed by atoms with van der Waals surface area (Å²) in [6.45, 7) is 0.829. The molecule has 0 bridgehead atoms. The maximum Gasteiger partial charge on any atom is 0.274 e. The lowest BCUT2D eigenvalue weighted by Gasteiger charge is -2.41. The first-order chi connectivity index (χ1) is 13.3. The van der Waals surface area contributed by atoms with E-state index >= 15 is 0 Å². The van der Waals surface area contributed by atoms with Crippen molar-refractivity contribution in [1.82, 2.24) is 19.6 Å². The van der Waals surface area contributed by atoms with Gasteiger partial charge in [-0.05, 0) is 43.4 Å². The van der Waals surface area contributed by atoms with E-state index in [-0.39, 0.29) is 12.0 Å². The predicted molar refractivity (Wildman–Crippen MR) is 110 cm³/mol. The molecule has 8 nitrogen and oxygen atoms in total. The van der Waals surface area contributed by atoms with Crippen molar-refractivity contribution >= 4 is 33.3 Å². The van der Waals surface area contributed by atoms with Crippen LogP contribution in [0.1, 0.15) is 36.9 Å². The normalized spacial score (nSPS) is 22.9. The smallest absolute Gasteiger partial charge is 0.274 e. The van der Waals surface area contributed by atoms with Gasteiger partial charge in [0, 0.05) is 36.1 Å². The van der Waals surface area contributed by atoms with Crippen molar-refractivity contribution in [3.05, 3.63) is 39.9 Å². The number of halogens is 1. The lowest BCUT2D eigenvalue weighted by atomic mass is 9.68. The predicted octanol–water partition coefficient (Wildman–Crippen LogP) is 1.96. The zero-order chi connectivity index (χ0) is 20.2. The molecular weight excluding hydrogens is 422 g/mol. The van der Waals surface area contributed by atoms with Crippen molar-refractivity contribution in [3.63, 3.8) is 0 Å². The third-order valence-corrected chi connectivity index (χ3v) is 6.84. The van der Waals surface area contributed by atoms with Gasteiger partial charge in [-0.2, -0.15) is 8.42 Å². The highest BCUT2D eigenvalue weighted by Gasteiger charge is 2.37. The largest absolute Gasteiger partial charge is 0.497 e. The molecule has 3 rings (SSSR count). The number of ether oxygens (including phenoxy) is 1. The first kappa shape index (κ1) is 21.4. The van der Waals surface area contributed by atoms with Gasteiger partial charge in [0.1, 0.15) is 15.8 Å². The highest BCUT2D eigenvalue weighted by Crippen LogP contribution is 2.40. The Labute approximate surface area is 174 Å². The van der Waals surface area contributed by atoms with Gasteiger partial charge in [0.25, 0.3) is 10.2 Å². The van der Waals surface area contributed by atoms with Crippen LogP contribution < -0.4 is 19.9 Å². The average molecular weight is 446 g/mol. The summed E-state index contributed by atoms with van der Waals surface area (Å²) in [4.78, 5) is 0. The number of hydrogen-bond acceptors (Lipinski definition) is 7. The van der Waals surface area contributed by atoms with Crippen LogP contribution in [0.25, 0.3) is 0 Å². The standard InChI is InChI=1S/C17H24ClN5O3S2/c1-26-14-4-2-3-12(9-14)17(11-21-28(19,24)25)7-5-13(6-8-17)20-10-15-16(18)27-23-22-15/h2-4,9,13,20-21H,5-8,10-11H2,1H3,(H2,19,24,25). The Morgan fingerprint density at radius 3 is 2.75 bits per heavy atom. The van der Waals surface area contributed by atoms with Gasteiger partial charge < -0.3 is 10.1 Å². The molecule has 0 amide bonds. The number of rotatable bonds is 8. The zero-order valence-corrected chi connectivity index (χ0v) is 17.9. The van der Waals surface area contributed by atoms with E-state index in [0.717, 1.165) is 42.7 Å². The average Bonchev–Trinajstić information content (AvgIpc) is 3.10. The van der Waals surface area contributed by atoms with Crippen LogP contribution in [0, 0.1) is 0 Å². The molecule has 1 aliphatic carbocycles. The van der Waals surface area contributed by atoms with Crippen LogP contribution in [0.5, 0.6) is 5.75 Å². The summed E-state index contributed by atoms with van der Waals surface area (Å²) in [5.74, 6) is 0.749. The van der Waals surface area contributed by atoms with E-state index < -0.39 is 10.2 Å². The number of hydrogen-bond donors (Lipinski definition) is 3. The maximum atomic E-state index is 11.5. The summed E-state index contributed by atoms with van der Waals surface area (Å²) >= 11 is 7.24. The minimum atomic E-state index is -3.77. The summed E-state index contributed by atoms with van der Waals surface area (Å²) < 4.78 is 35.3. The molecule has 0 aliphatic heterocycles. The monoisotopic (exact) mass is 445 g/mol. The number of nitrogens with one attached hydrogen (secondary N) is 2. The number of aromatic nitrogens is 2. The second-order valence-corrected chi connectivity index (χ2v) is 9.76. The van der Waals surface area contributed by atoms with E-state index in [4.69, 9.17) is 21.5 Å². The summed E-state index contributed by atoms with van der Waals surface area (Å²) in [5.41, 5.74) is 1.47. The van der Waals surface area contributed by atoms with Crippen LogP contribution in [0.15, 0.2) is 24.3 Å². The summed E-state index contributed by atoms with van der Waals surface area (Å²) in [5, 5.41) is 12.7. The Hall–Kier alpha value is -1.30. The van der Waals surface area contributed by atoms with Gasteiger partial charge in [-0.15, -0.1) is 5.10 Å². The zero-order valence-electron chi connectivity index (χ0n) is 15.5. The van der Waals surface area contributed by atoms with Crippen LogP contribution in [0.2, 0.25) is 4.34 Å². The molecule has 1 fully saturated rings. The number of benzene rings is 1. The molecule has 1 aliphatic rings. The molecule has 0 spiro atoms. The van der Waals surface area contributed by atoms with Crippen molar-refractivity contribution in [3.8, 4) is 5.75 Å². The van der Waals surface area contributed by atoms with Crippen molar-refractivity contribution in [2.45, 2.75) is 43.7 Å². The molecule has 154 valence electrons. The van der Waals surface area contributed by atoms with E-state index in [0.29, 0.717) is 16.9 Å². The maximum absolute atomic E-state index is 11.5. The lowest BCUT2D eigenvalue weighted by molar-refractivity contribution is 0.244. The minimum absolute atomic E-state index is 0.257. The number of methoxy groups -OCH3 is 1. The highest BCUT2D eigenvalue weighted by atomic mass is 35.5. The van der Waals surface area contributed by atoms with Crippen LogP contribution in [-0.4, -0.2) is 37.7 Å². The summed E-state index contributed by atoms with van der Waals surface area (Å²) in [6.07, 6.45) is 3.39. The molecule has 1 aromatic heterocycles. The van der Waals surface area contributed by atoms with Gasteiger partial charge in [-0.1, -0.05) is 28.2 Å². The molecule has 2 aromatic rings. The van der Waals surface area contributed by atoms with Crippen molar-refractivity contribution in [2.24, 2.45) is 5.14 Å². The van der Waals surface area contributed by atoms with Gasteiger partial charge in [0.05, 0.1) is 7.11 Å². The molecule has 1 heterocycles. The van der Waals surface area contributed by atoms with Gasteiger partial charge in [-0.3, -0.25) is 0 Å². The van der Waals surface area contributed by atoms with Crippen LogP contribution in [0.4, 0.5) is 0 Å². The van der Waals surface area contributed by atoms with Crippen molar-refractivity contribution in [2.75, 3.05) is 13.7 Å². The van der Waals surface area contributed by atoms with Gasteiger partial charge in [-0.25, -0.2) is 9.86 Å². The lowest BCUT2D eigenvalue weighted by Crippen LogP contribution is -2.47. The Morgan fingerprint density at radius 1 is 1.39 bits per heavy atom. The second-order valence-electron chi connectivity index (χ2n) is 7.03. The number of nitrogens with two attached hydrogens (primary N) is 1. The SMILES string of the molecule is COc1cccc(C2(CNS(N)(=O)=O)CCC(NCc3nnsc3Cl)CC2)c1. The molecule has 0 unspecified atom stereocenters. The Bertz CT molecular complexity index is 898. The van der Waals surface area contributed by atoms with E-state index in [1.807, 2.05) is 24.3 Å². The fraction of sp³-hybridized carbons (Fsp3) is 0.529. The highest BCUT2D eigenvalue weighted by molar-refractivity contribution is 7.87. The summed E-state index contributed by atoms with van der Waals surface area (Å²) in [7, 11) is -2.15. The first-order valence-electron chi connectivity index (χ1n) is 8.93. The molecule has 1 saturated carbocycles. The fourth-order valence-corrected chi connectivity index (χ4v) is 4.78. The van der Waals surface area contributed by atoms with Crippen LogP contribution in [0.3, 0.4) is 0 Å². The van der Waals surface area contributed by atoms with Crippen molar-refractivity contribution in [1.29, 1.82) is 0 Å². The second kappa shape index (κ2) is 9.02. The van der Waals surface area contributed by atoms with E-state index in [2.05, 4.69) is 19.6 Å². The molecule has 1 aromatic carbocycles. The van der Waals surface area contributed by atoms with Gasteiger partial charge in [0.15, 0.2) is 0 Å². The quantitative estimate of drug-likeness (QED) is 0.571. The van der Waals surface area contributed by atoms with E-state index in [1.54, 1.807) is 7.11 Å². The van der Waals surface area contributed by atoms with Gasteiger partial charge in [0.2, 0.25) is 0 Å². The van der Waals surface area contributed by atoms with E-state index in [9.17, 15) is 8.42 Å². The fourth-order valence-electron chi connectivity index (χ4n) is 3.68. The van der Waals surface area contributed by atoms with Gasteiger partial charge >= 0.3 is 0 Å². The molecule has 4 N–H and O–H groups in total. The molecule has 11 heteroatoms. The van der Waals surface area contributed by atoms with Crippen LogP contribution >= 0.6 is 23.1 Å².